The molecule has 0 unspecified atom stereocenters. The predicted octanol–water partition coefficient (Wildman–Crippen LogP) is 3.17. The molecular formula is C20H27N3O. The van der Waals surface area contributed by atoms with Crippen molar-refractivity contribution in [3.8, 4) is 0 Å². The first-order valence-corrected chi connectivity index (χ1v) is 9.10. The molecule has 0 radical (unpaired) electrons. The van der Waals surface area contributed by atoms with Crippen molar-refractivity contribution in [2.45, 2.75) is 39.7 Å². The Morgan fingerprint density at radius 3 is 2.92 bits per heavy atom. The molecule has 1 fully saturated rings. The van der Waals surface area contributed by atoms with Crippen LogP contribution >= 0.6 is 0 Å². The Balaban J connectivity index is 1.47. The van der Waals surface area contributed by atoms with Gasteiger partial charge in [-0.3, -0.25) is 9.69 Å². The largest absolute Gasteiger partial charge is 0.358 e. The molecule has 4 rings (SSSR count). The summed E-state index contributed by atoms with van der Waals surface area (Å²) in [6.07, 6.45) is 3.40. The fourth-order valence-corrected chi connectivity index (χ4v) is 4.35. The molecule has 0 spiro atoms. The van der Waals surface area contributed by atoms with Gasteiger partial charge in [-0.25, -0.2) is 0 Å². The van der Waals surface area contributed by atoms with E-state index < -0.39 is 0 Å². The number of aromatic amines is 1. The van der Waals surface area contributed by atoms with Crippen molar-refractivity contribution in [3.63, 3.8) is 0 Å². The molecule has 4 nitrogen and oxygen atoms in total. The number of fused-ring (bicyclic) bond motifs is 3. The first-order chi connectivity index (χ1) is 11.5. The first kappa shape index (κ1) is 15.7. The van der Waals surface area contributed by atoms with E-state index in [0.29, 0.717) is 12.0 Å². The monoisotopic (exact) mass is 325 g/mol. The van der Waals surface area contributed by atoms with Crippen LogP contribution in [0.3, 0.4) is 0 Å². The number of carbonyl (C=O) groups excluding carboxylic acids is 1. The molecule has 0 saturated carbocycles. The summed E-state index contributed by atoms with van der Waals surface area (Å²) in [5.41, 5.74) is 4.14. The van der Waals surface area contributed by atoms with Crippen LogP contribution in [-0.2, 0) is 17.8 Å². The van der Waals surface area contributed by atoms with Gasteiger partial charge in [-0.15, -0.1) is 0 Å². The van der Waals surface area contributed by atoms with E-state index in [1.54, 1.807) is 0 Å². The lowest BCUT2D eigenvalue weighted by molar-refractivity contribution is -0.134. The minimum atomic E-state index is 0.281. The van der Waals surface area contributed by atoms with Gasteiger partial charge in [0.15, 0.2) is 0 Å². The van der Waals surface area contributed by atoms with E-state index >= 15 is 0 Å². The normalized spacial score (nSPS) is 21.0. The summed E-state index contributed by atoms with van der Waals surface area (Å²) in [7, 11) is 0. The highest BCUT2D eigenvalue weighted by Gasteiger charge is 2.30. The summed E-state index contributed by atoms with van der Waals surface area (Å²) in [6, 6.07) is 8.42. The molecule has 24 heavy (non-hydrogen) atoms. The van der Waals surface area contributed by atoms with E-state index in [1.807, 2.05) is 4.90 Å². The van der Waals surface area contributed by atoms with Crippen LogP contribution in [0.1, 0.15) is 37.9 Å². The smallest absolute Gasteiger partial charge is 0.237 e. The second-order valence-electron chi connectivity index (χ2n) is 8.17. The fourth-order valence-electron chi connectivity index (χ4n) is 4.35. The molecular weight excluding hydrogens is 298 g/mol. The average Bonchev–Trinajstić information content (AvgIpc) is 2.91. The Morgan fingerprint density at radius 2 is 2.08 bits per heavy atom. The Morgan fingerprint density at radius 1 is 1.25 bits per heavy atom. The second-order valence-corrected chi connectivity index (χ2v) is 8.17. The number of H-pyrrole nitrogens is 1. The third-order valence-corrected chi connectivity index (χ3v) is 5.57. The molecule has 0 bridgehead atoms. The maximum absolute atomic E-state index is 12.8. The van der Waals surface area contributed by atoms with Crippen molar-refractivity contribution in [2.75, 3.05) is 26.2 Å². The predicted molar refractivity (Wildman–Crippen MR) is 96.9 cm³/mol. The lowest BCUT2D eigenvalue weighted by atomic mass is 9.84. The quantitative estimate of drug-likeness (QED) is 0.921. The molecule has 1 N–H and O–H groups in total. The summed E-state index contributed by atoms with van der Waals surface area (Å²) in [5.74, 6) is 0.281. The lowest BCUT2D eigenvalue weighted by Crippen LogP contribution is -2.47. The maximum atomic E-state index is 12.8. The molecule has 2 aliphatic heterocycles. The molecule has 1 aromatic heterocycles. The molecule has 1 amide bonds. The van der Waals surface area contributed by atoms with Gasteiger partial charge in [0, 0.05) is 48.2 Å². The van der Waals surface area contributed by atoms with Gasteiger partial charge in [0.05, 0.1) is 6.54 Å². The number of hydrogen-bond acceptors (Lipinski definition) is 2. The zero-order valence-electron chi connectivity index (χ0n) is 14.8. The maximum Gasteiger partial charge on any atom is 0.237 e. The van der Waals surface area contributed by atoms with Gasteiger partial charge >= 0.3 is 0 Å². The van der Waals surface area contributed by atoms with Gasteiger partial charge in [0.1, 0.15) is 0 Å². The Labute approximate surface area is 143 Å². The third kappa shape index (κ3) is 2.95. The summed E-state index contributed by atoms with van der Waals surface area (Å²) < 4.78 is 0. The highest BCUT2D eigenvalue weighted by atomic mass is 16.2. The Hall–Kier alpha value is -1.81. The van der Waals surface area contributed by atoms with Crippen LogP contribution in [0.5, 0.6) is 0 Å². The number of rotatable bonds is 2. The van der Waals surface area contributed by atoms with Gasteiger partial charge in [-0.2, -0.15) is 0 Å². The van der Waals surface area contributed by atoms with E-state index in [9.17, 15) is 4.79 Å². The third-order valence-electron chi connectivity index (χ3n) is 5.57. The van der Waals surface area contributed by atoms with Crippen LogP contribution in [0.4, 0.5) is 0 Å². The SMILES string of the molecule is CC1(C)CCCN(CC(=O)N2CCc3[nH]c4ccccc4c3C2)C1. The Kier molecular flexibility index (Phi) is 3.87. The number of aromatic nitrogens is 1. The molecule has 1 aromatic carbocycles. The summed E-state index contributed by atoms with van der Waals surface area (Å²) in [4.78, 5) is 20.7. The second kappa shape index (κ2) is 5.92. The summed E-state index contributed by atoms with van der Waals surface area (Å²) >= 11 is 0. The number of amides is 1. The fraction of sp³-hybridized carbons (Fsp3) is 0.550. The average molecular weight is 325 g/mol. The van der Waals surface area contributed by atoms with Gasteiger partial charge < -0.3 is 9.88 Å². The van der Waals surface area contributed by atoms with E-state index in [1.165, 1.54) is 35.0 Å². The van der Waals surface area contributed by atoms with Crippen molar-refractivity contribution in [3.05, 3.63) is 35.5 Å². The molecule has 0 atom stereocenters. The van der Waals surface area contributed by atoms with Crippen molar-refractivity contribution < 1.29 is 4.79 Å². The number of likely N-dealkylation sites (tertiary alicyclic amines) is 1. The summed E-state index contributed by atoms with van der Waals surface area (Å²) in [6.45, 7) is 8.85. The Bertz CT molecular complexity index is 761. The van der Waals surface area contributed by atoms with Gasteiger partial charge in [-0.05, 0) is 30.9 Å². The van der Waals surface area contributed by atoms with Crippen molar-refractivity contribution >= 4 is 16.8 Å². The van der Waals surface area contributed by atoms with Crippen LogP contribution < -0.4 is 0 Å². The highest BCUT2D eigenvalue weighted by Crippen LogP contribution is 2.29. The van der Waals surface area contributed by atoms with E-state index in [2.05, 4.69) is 48.0 Å². The van der Waals surface area contributed by atoms with Crippen molar-refractivity contribution in [2.24, 2.45) is 5.41 Å². The van der Waals surface area contributed by atoms with E-state index in [-0.39, 0.29) is 5.91 Å². The number of carbonyl (C=O) groups is 1. The molecule has 0 aliphatic carbocycles. The van der Waals surface area contributed by atoms with E-state index in [0.717, 1.165) is 32.6 Å². The van der Waals surface area contributed by atoms with Crippen LogP contribution in [-0.4, -0.2) is 46.9 Å². The standard InChI is InChI=1S/C20H27N3O/c1-20(2)9-5-10-22(14-20)13-19(24)23-11-8-18-16(12-23)15-6-3-4-7-17(15)21-18/h3-4,6-7,21H,5,8-14H2,1-2H3. The summed E-state index contributed by atoms with van der Waals surface area (Å²) in [5, 5.41) is 1.27. The van der Waals surface area contributed by atoms with Crippen molar-refractivity contribution in [1.29, 1.82) is 0 Å². The lowest BCUT2D eigenvalue weighted by Gasteiger charge is -2.38. The van der Waals surface area contributed by atoms with Gasteiger partial charge in [0.25, 0.3) is 0 Å². The number of piperidine rings is 1. The molecule has 128 valence electrons. The highest BCUT2D eigenvalue weighted by molar-refractivity contribution is 5.86. The van der Waals surface area contributed by atoms with Gasteiger partial charge in [0.2, 0.25) is 5.91 Å². The zero-order chi connectivity index (χ0) is 16.7. The molecule has 4 heteroatoms. The number of para-hydroxylation sites is 1. The van der Waals surface area contributed by atoms with Crippen LogP contribution in [0.25, 0.3) is 10.9 Å². The minimum Gasteiger partial charge on any atom is -0.358 e. The molecule has 2 aromatic rings. The number of hydrogen-bond donors (Lipinski definition) is 1. The van der Waals surface area contributed by atoms with Crippen molar-refractivity contribution in [1.82, 2.24) is 14.8 Å². The topological polar surface area (TPSA) is 39.3 Å². The molecule has 3 heterocycles. The number of benzene rings is 1. The van der Waals surface area contributed by atoms with Crippen LogP contribution in [0, 0.1) is 5.41 Å². The van der Waals surface area contributed by atoms with Crippen LogP contribution in [0.2, 0.25) is 0 Å². The number of nitrogens with one attached hydrogen (secondary N) is 1. The minimum absolute atomic E-state index is 0.281. The van der Waals surface area contributed by atoms with E-state index in [4.69, 9.17) is 0 Å². The van der Waals surface area contributed by atoms with Gasteiger partial charge in [-0.1, -0.05) is 32.0 Å². The molecule has 1 saturated heterocycles. The van der Waals surface area contributed by atoms with Crippen LogP contribution in [0.15, 0.2) is 24.3 Å². The zero-order valence-corrected chi connectivity index (χ0v) is 14.8. The molecule has 2 aliphatic rings. The number of nitrogens with zero attached hydrogens (tertiary/aromatic N) is 2. The first-order valence-electron chi connectivity index (χ1n) is 9.10.